The minimum atomic E-state index is -0.314. The molecule has 3 nitrogen and oxygen atoms in total. The quantitative estimate of drug-likeness (QED) is 0.624. The summed E-state index contributed by atoms with van der Waals surface area (Å²) in [6.07, 6.45) is 3.70. The molecule has 0 radical (unpaired) electrons. The molecule has 0 spiro atoms. The average Bonchev–Trinajstić information content (AvgIpc) is 2.27. The fraction of sp³-hybridized carbons (Fsp3) is 0.250. The molecule has 0 saturated carbocycles. The van der Waals surface area contributed by atoms with Crippen molar-refractivity contribution in [2.45, 2.75) is 6.42 Å². The van der Waals surface area contributed by atoms with Crippen molar-refractivity contribution in [2.24, 2.45) is 5.73 Å². The molecule has 5 heteroatoms. The summed E-state index contributed by atoms with van der Waals surface area (Å²) in [6.45, 7) is 1.11. The van der Waals surface area contributed by atoms with Gasteiger partial charge >= 0.3 is 0 Å². The number of halogens is 2. The van der Waals surface area contributed by atoms with Gasteiger partial charge in [-0.05, 0) is 36.7 Å². The number of nitrogens with two attached hydrogens (primary N) is 1. The Kier molecular flexibility index (Phi) is 8.01. The van der Waals surface area contributed by atoms with E-state index in [2.05, 4.69) is 5.32 Å². The molecule has 0 aliphatic carbocycles. The van der Waals surface area contributed by atoms with E-state index in [1.54, 1.807) is 18.2 Å². The van der Waals surface area contributed by atoms with E-state index in [1.807, 2.05) is 0 Å². The van der Waals surface area contributed by atoms with Gasteiger partial charge < -0.3 is 11.1 Å². The van der Waals surface area contributed by atoms with Gasteiger partial charge in [-0.3, -0.25) is 4.79 Å². The molecule has 1 aromatic rings. The van der Waals surface area contributed by atoms with Crippen LogP contribution in [0.2, 0.25) is 0 Å². The van der Waals surface area contributed by atoms with Crippen molar-refractivity contribution < 1.29 is 9.18 Å². The minimum absolute atomic E-state index is 0. The third-order valence-corrected chi connectivity index (χ3v) is 1.96. The van der Waals surface area contributed by atoms with Crippen LogP contribution in [0.3, 0.4) is 0 Å². The molecule has 3 N–H and O–H groups in total. The third-order valence-electron chi connectivity index (χ3n) is 1.96. The fourth-order valence-corrected chi connectivity index (χ4v) is 1.15. The smallest absolute Gasteiger partial charge is 0.243 e. The SMILES string of the molecule is Cl.NCCCNC(=O)/C=C/c1cccc(F)c1. The van der Waals surface area contributed by atoms with Gasteiger partial charge in [0.15, 0.2) is 0 Å². The lowest BCUT2D eigenvalue weighted by atomic mass is 10.2. The van der Waals surface area contributed by atoms with Crippen LogP contribution >= 0.6 is 12.4 Å². The van der Waals surface area contributed by atoms with E-state index in [1.165, 1.54) is 18.2 Å². The summed E-state index contributed by atoms with van der Waals surface area (Å²) in [5, 5.41) is 2.67. The molecule has 0 aliphatic rings. The summed E-state index contributed by atoms with van der Waals surface area (Å²) in [5.74, 6) is -0.511. The van der Waals surface area contributed by atoms with E-state index >= 15 is 0 Å². The third kappa shape index (κ3) is 6.71. The number of carbonyl (C=O) groups excluding carboxylic acids is 1. The van der Waals surface area contributed by atoms with Crippen LogP contribution in [0.5, 0.6) is 0 Å². The largest absolute Gasteiger partial charge is 0.353 e. The fourth-order valence-electron chi connectivity index (χ4n) is 1.15. The molecule has 1 aromatic carbocycles. The maximum absolute atomic E-state index is 12.8. The number of nitrogens with one attached hydrogen (secondary N) is 1. The Balaban J connectivity index is 0.00000256. The summed E-state index contributed by atoms with van der Waals surface area (Å²) >= 11 is 0. The Hall–Kier alpha value is -1.39. The lowest BCUT2D eigenvalue weighted by Crippen LogP contribution is -2.23. The normalized spacial score (nSPS) is 10.0. The van der Waals surface area contributed by atoms with Crippen molar-refractivity contribution in [1.29, 1.82) is 0 Å². The van der Waals surface area contributed by atoms with Crippen molar-refractivity contribution in [2.75, 3.05) is 13.1 Å². The first-order valence-corrected chi connectivity index (χ1v) is 5.14. The number of benzene rings is 1. The van der Waals surface area contributed by atoms with Crippen LogP contribution in [0.25, 0.3) is 6.08 Å². The first kappa shape index (κ1) is 15.6. The van der Waals surface area contributed by atoms with Crippen molar-refractivity contribution >= 4 is 24.4 Å². The van der Waals surface area contributed by atoms with Crippen molar-refractivity contribution in [3.05, 3.63) is 41.7 Å². The second-order valence-electron chi connectivity index (χ2n) is 3.32. The van der Waals surface area contributed by atoms with E-state index in [0.717, 1.165) is 6.42 Å². The predicted octanol–water partition coefficient (Wildman–Crippen LogP) is 1.73. The van der Waals surface area contributed by atoms with Crippen LogP contribution in [0.1, 0.15) is 12.0 Å². The van der Waals surface area contributed by atoms with Gasteiger partial charge in [0.2, 0.25) is 5.91 Å². The van der Waals surface area contributed by atoms with E-state index in [-0.39, 0.29) is 24.1 Å². The molecule has 0 unspecified atom stereocenters. The lowest BCUT2D eigenvalue weighted by molar-refractivity contribution is -0.116. The molecule has 0 fully saturated rings. The zero-order valence-electron chi connectivity index (χ0n) is 9.36. The van der Waals surface area contributed by atoms with Crippen molar-refractivity contribution in [1.82, 2.24) is 5.32 Å². The molecule has 94 valence electrons. The molecule has 0 aromatic heterocycles. The molecule has 0 aliphatic heterocycles. The zero-order chi connectivity index (χ0) is 11.8. The van der Waals surface area contributed by atoms with Crippen LogP contribution in [0.15, 0.2) is 30.3 Å². The van der Waals surface area contributed by atoms with E-state index in [4.69, 9.17) is 5.73 Å². The van der Waals surface area contributed by atoms with E-state index < -0.39 is 0 Å². The maximum Gasteiger partial charge on any atom is 0.243 e. The van der Waals surface area contributed by atoms with Crippen molar-refractivity contribution in [3.63, 3.8) is 0 Å². The molecule has 0 heterocycles. The number of hydrogen-bond donors (Lipinski definition) is 2. The highest BCUT2D eigenvalue weighted by Crippen LogP contribution is 2.04. The van der Waals surface area contributed by atoms with Gasteiger partial charge in [0.1, 0.15) is 5.82 Å². The molecule has 1 amide bonds. The van der Waals surface area contributed by atoms with Gasteiger partial charge in [-0.2, -0.15) is 0 Å². The monoisotopic (exact) mass is 258 g/mol. The molecule has 0 bridgehead atoms. The Bertz CT molecular complexity index is 383. The Morgan fingerprint density at radius 1 is 1.47 bits per heavy atom. The molecule has 0 saturated heterocycles. The highest BCUT2D eigenvalue weighted by Gasteiger charge is 1.94. The van der Waals surface area contributed by atoms with Gasteiger partial charge in [-0.1, -0.05) is 12.1 Å². The Morgan fingerprint density at radius 3 is 2.88 bits per heavy atom. The minimum Gasteiger partial charge on any atom is -0.353 e. The number of hydrogen-bond acceptors (Lipinski definition) is 2. The van der Waals surface area contributed by atoms with Gasteiger partial charge in [-0.15, -0.1) is 12.4 Å². The summed E-state index contributed by atoms with van der Waals surface area (Å²) in [6, 6.07) is 6.05. The highest BCUT2D eigenvalue weighted by atomic mass is 35.5. The number of carbonyl (C=O) groups is 1. The topological polar surface area (TPSA) is 55.1 Å². The standard InChI is InChI=1S/C12H15FN2O.ClH/c13-11-4-1-3-10(9-11)5-6-12(16)15-8-2-7-14;/h1,3-6,9H,2,7-8,14H2,(H,15,16);1H/b6-5+;. The van der Waals surface area contributed by atoms with Crippen LogP contribution in [-0.4, -0.2) is 19.0 Å². The van der Waals surface area contributed by atoms with Gasteiger partial charge in [0.05, 0.1) is 0 Å². The highest BCUT2D eigenvalue weighted by molar-refractivity contribution is 5.91. The molecular formula is C12H16ClFN2O. The molecular weight excluding hydrogens is 243 g/mol. The first-order valence-electron chi connectivity index (χ1n) is 5.14. The van der Waals surface area contributed by atoms with Gasteiger partial charge in [-0.25, -0.2) is 4.39 Å². The summed E-state index contributed by atoms with van der Waals surface area (Å²) in [7, 11) is 0. The maximum atomic E-state index is 12.8. The second kappa shape index (κ2) is 8.73. The Morgan fingerprint density at radius 2 is 2.24 bits per heavy atom. The molecule has 1 rings (SSSR count). The van der Waals surface area contributed by atoms with Crippen LogP contribution in [-0.2, 0) is 4.79 Å². The summed E-state index contributed by atoms with van der Waals surface area (Å²) in [5.41, 5.74) is 5.95. The number of amides is 1. The predicted molar refractivity (Wildman–Crippen MR) is 69.4 cm³/mol. The first-order chi connectivity index (χ1) is 7.72. The molecule has 17 heavy (non-hydrogen) atoms. The van der Waals surface area contributed by atoms with Crippen molar-refractivity contribution in [3.8, 4) is 0 Å². The summed E-state index contributed by atoms with van der Waals surface area (Å²) in [4.78, 5) is 11.2. The number of rotatable bonds is 5. The summed E-state index contributed by atoms with van der Waals surface area (Å²) < 4.78 is 12.8. The molecule has 0 atom stereocenters. The lowest BCUT2D eigenvalue weighted by Gasteiger charge is -1.99. The van der Waals surface area contributed by atoms with Crippen LogP contribution in [0.4, 0.5) is 4.39 Å². The second-order valence-corrected chi connectivity index (χ2v) is 3.32. The Labute approximate surface area is 106 Å². The van der Waals surface area contributed by atoms with Gasteiger partial charge in [0, 0.05) is 12.6 Å². The van der Waals surface area contributed by atoms with Gasteiger partial charge in [0.25, 0.3) is 0 Å². The van der Waals surface area contributed by atoms with Crippen LogP contribution < -0.4 is 11.1 Å². The van der Waals surface area contributed by atoms with E-state index in [0.29, 0.717) is 18.7 Å². The zero-order valence-corrected chi connectivity index (χ0v) is 10.2. The van der Waals surface area contributed by atoms with E-state index in [9.17, 15) is 9.18 Å². The average molecular weight is 259 g/mol. The van der Waals surface area contributed by atoms with Crippen LogP contribution in [0, 0.1) is 5.82 Å².